The average molecular weight is 398 g/mol. The van der Waals surface area contributed by atoms with E-state index in [1.807, 2.05) is 36.6 Å². The van der Waals surface area contributed by atoms with Crippen molar-refractivity contribution in [2.24, 2.45) is 0 Å². The van der Waals surface area contributed by atoms with Crippen LogP contribution in [0, 0.1) is 18.6 Å². The van der Waals surface area contributed by atoms with Gasteiger partial charge in [0.25, 0.3) is 5.91 Å². The van der Waals surface area contributed by atoms with Gasteiger partial charge in [-0.3, -0.25) is 4.79 Å². The molecule has 2 aromatic carbocycles. The number of halogens is 2. The van der Waals surface area contributed by atoms with Crippen molar-refractivity contribution in [3.05, 3.63) is 76.3 Å². The van der Waals surface area contributed by atoms with E-state index in [1.165, 1.54) is 17.4 Å². The molecule has 0 unspecified atom stereocenters. The first-order valence-electron chi connectivity index (χ1n) is 8.66. The molecule has 0 radical (unpaired) electrons. The van der Waals surface area contributed by atoms with Crippen LogP contribution in [0.4, 0.5) is 8.78 Å². The smallest absolute Gasteiger partial charge is 0.257 e. The number of nitrogens with zero attached hydrogens (tertiary/aromatic N) is 3. The van der Waals surface area contributed by atoms with E-state index in [-0.39, 0.29) is 6.54 Å². The summed E-state index contributed by atoms with van der Waals surface area (Å²) in [5, 5.41) is 9.04. The highest BCUT2D eigenvalue weighted by Crippen LogP contribution is 2.23. The summed E-state index contributed by atoms with van der Waals surface area (Å²) in [6.45, 7) is 2.22. The quantitative estimate of drug-likeness (QED) is 0.552. The maximum atomic E-state index is 13.7. The van der Waals surface area contributed by atoms with Crippen LogP contribution in [-0.4, -0.2) is 27.0 Å². The summed E-state index contributed by atoms with van der Waals surface area (Å²) >= 11 is 1.45. The van der Waals surface area contributed by atoms with Crippen molar-refractivity contribution in [3.8, 4) is 11.4 Å². The maximum absolute atomic E-state index is 13.7. The van der Waals surface area contributed by atoms with Crippen molar-refractivity contribution in [1.29, 1.82) is 0 Å². The largest absolute Gasteiger partial charge is 0.351 e. The number of thiazole rings is 1. The highest BCUT2D eigenvalue weighted by atomic mass is 32.1. The molecular weight excluding hydrogens is 382 g/mol. The molecule has 0 saturated carbocycles. The Bertz CT molecular complexity index is 1150. The molecule has 28 heavy (non-hydrogen) atoms. The third-order valence-electron chi connectivity index (χ3n) is 4.39. The molecule has 0 spiro atoms. The Kier molecular flexibility index (Phi) is 4.87. The van der Waals surface area contributed by atoms with E-state index < -0.39 is 23.1 Å². The number of hydrogen-bond donors (Lipinski definition) is 1. The van der Waals surface area contributed by atoms with Crippen LogP contribution >= 0.6 is 11.3 Å². The first-order chi connectivity index (χ1) is 13.5. The van der Waals surface area contributed by atoms with E-state index >= 15 is 0 Å². The Morgan fingerprint density at radius 1 is 1.14 bits per heavy atom. The predicted octanol–water partition coefficient (Wildman–Crippen LogP) is 4.02. The molecule has 4 aromatic rings. The van der Waals surface area contributed by atoms with Gasteiger partial charge in [-0.25, -0.2) is 13.3 Å². The second-order valence-corrected chi connectivity index (χ2v) is 7.11. The highest BCUT2D eigenvalue weighted by molar-refractivity contribution is 7.15. The molecule has 0 aliphatic carbocycles. The topological polar surface area (TPSA) is 59.3 Å². The molecule has 0 atom stereocenters. The predicted molar refractivity (Wildman–Crippen MR) is 103 cm³/mol. The molecule has 4 rings (SSSR count). The average Bonchev–Trinajstić information content (AvgIpc) is 3.23. The lowest BCUT2D eigenvalue weighted by Crippen LogP contribution is -2.27. The summed E-state index contributed by atoms with van der Waals surface area (Å²) in [5.41, 5.74) is 2.34. The zero-order valence-corrected chi connectivity index (χ0v) is 15.8. The van der Waals surface area contributed by atoms with Crippen molar-refractivity contribution in [1.82, 2.24) is 19.9 Å². The van der Waals surface area contributed by atoms with Crippen LogP contribution in [0.15, 0.2) is 47.8 Å². The van der Waals surface area contributed by atoms with Gasteiger partial charge in [-0.15, -0.1) is 16.4 Å². The lowest BCUT2D eigenvalue weighted by molar-refractivity contribution is 0.0945. The van der Waals surface area contributed by atoms with E-state index in [9.17, 15) is 13.6 Å². The Labute approximate surface area is 163 Å². The summed E-state index contributed by atoms with van der Waals surface area (Å²) in [6, 6.07) is 11.2. The summed E-state index contributed by atoms with van der Waals surface area (Å²) < 4.78 is 29.1. The molecule has 0 aliphatic rings. The minimum absolute atomic E-state index is 0.220. The van der Waals surface area contributed by atoms with Gasteiger partial charge in [-0.2, -0.15) is 4.98 Å². The third kappa shape index (κ3) is 3.38. The molecule has 0 fully saturated rings. The van der Waals surface area contributed by atoms with Crippen LogP contribution in [-0.2, 0) is 6.42 Å². The van der Waals surface area contributed by atoms with Crippen molar-refractivity contribution in [2.45, 2.75) is 13.3 Å². The van der Waals surface area contributed by atoms with Crippen LogP contribution in [0.5, 0.6) is 0 Å². The number of carbonyl (C=O) groups is 1. The standard InChI is InChI=1S/C20H16F2N4OS/c1-12-5-2-3-6-14(12)18-24-20-26(25-18)13(11-28-20)9-10-23-19(27)17-15(21)7-4-8-16(17)22/h2-8,11H,9-10H2,1H3,(H,23,27). The fourth-order valence-corrected chi connectivity index (χ4v) is 3.80. The Morgan fingerprint density at radius 3 is 2.64 bits per heavy atom. The summed E-state index contributed by atoms with van der Waals surface area (Å²) in [5.74, 6) is -1.89. The highest BCUT2D eigenvalue weighted by Gasteiger charge is 2.17. The number of benzene rings is 2. The number of hydrogen-bond acceptors (Lipinski definition) is 4. The number of amides is 1. The van der Waals surface area contributed by atoms with Gasteiger partial charge in [-0.05, 0) is 24.6 Å². The molecule has 0 saturated heterocycles. The summed E-state index contributed by atoms with van der Waals surface area (Å²) in [7, 11) is 0. The Balaban J connectivity index is 1.48. The van der Waals surface area contributed by atoms with Gasteiger partial charge in [0.2, 0.25) is 4.96 Å². The molecular formula is C20H16F2N4OS. The maximum Gasteiger partial charge on any atom is 0.257 e. The third-order valence-corrected chi connectivity index (χ3v) is 5.26. The summed E-state index contributed by atoms with van der Waals surface area (Å²) in [4.78, 5) is 17.4. The van der Waals surface area contributed by atoms with Gasteiger partial charge in [0.15, 0.2) is 5.82 Å². The van der Waals surface area contributed by atoms with Gasteiger partial charge >= 0.3 is 0 Å². The van der Waals surface area contributed by atoms with Crippen LogP contribution in [0.2, 0.25) is 0 Å². The van der Waals surface area contributed by atoms with Crippen LogP contribution in [0.25, 0.3) is 16.3 Å². The van der Waals surface area contributed by atoms with E-state index in [1.54, 1.807) is 4.52 Å². The molecule has 2 aromatic heterocycles. The number of aryl methyl sites for hydroxylation is 1. The molecule has 2 heterocycles. The zero-order chi connectivity index (χ0) is 19.7. The minimum Gasteiger partial charge on any atom is -0.351 e. The minimum atomic E-state index is -0.880. The number of carbonyl (C=O) groups excluding carboxylic acids is 1. The molecule has 8 heteroatoms. The van der Waals surface area contributed by atoms with Gasteiger partial charge in [0.1, 0.15) is 17.2 Å². The van der Waals surface area contributed by atoms with Gasteiger partial charge in [0.05, 0.1) is 5.69 Å². The number of fused-ring (bicyclic) bond motifs is 1. The fourth-order valence-electron chi connectivity index (χ4n) is 2.94. The van der Waals surface area contributed by atoms with Gasteiger partial charge in [-0.1, -0.05) is 30.3 Å². The fraction of sp³-hybridized carbons (Fsp3) is 0.150. The monoisotopic (exact) mass is 398 g/mol. The number of nitrogens with one attached hydrogen (secondary N) is 1. The van der Waals surface area contributed by atoms with E-state index in [4.69, 9.17) is 0 Å². The van der Waals surface area contributed by atoms with Gasteiger partial charge in [0, 0.05) is 23.9 Å². The lowest BCUT2D eigenvalue weighted by atomic mass is 10.1. The Morgan fingerprint density at radius 2 is 1.89 bits per heavy atom. The molecule has 0 aliphatic heterocycles. The molecule has 142 valence electrons. The summed E-state index contributed by atoms with van der Waals surface area (Å²) in [6.07, 6.45) is 0.457. The van der Waals surface area contributed by atoms with Crippen molar-refractivity contribution in [2.75, 3.05) is 6.54 Å². The first kappa shape index (κ1) is 18.2. The van der Waals surface area contributed by atoms with Crippen LogP contribution in [0.1, 0.15) is 21.6 Å². The second kappa shape index (κ2) is 7.47. The van der Waals surface area contributed by atoms with Crippen LogP contribution < -0.4 is 5.32 Å². The van der Waals surface area contributed by atoms with E-state index in [0.29, 0.717) is 12.2 Å². The van der Waals surface area contributed by atoms with E-state index in [0.717, 1.165) is 33.9 Å². The van der Waals surface area contributed by atoms with Crippen molar-refractivity contribution in [3.63, 3.8) is 0 Å². The first-order valence-corrected chi connectivity index (χ1v) is 9.54. The SMILES string of the molecule is Cc1ccccc1-c1nc2scc(CCNC(=O)c3c(F)cccc3F)n2n1. The number of rotatable bonds is 5. The van der Waals surface area contributed by atoms with Gasteiger partial charge < -0.3 is 5.32 Å². The van der Waals surface area contributed by atoms with Crippen molar-refractivity contribution < 1.29 is 13.6 Å². The van der Waals surface area contributed by atoms with E-state index in [2.05, 4.69) is 15.4 Å². The zero-order valence-electron chi connectivity index (χ0n) is 14.9. The van der Waals surface area contributed by atoms with Crippen LogP contribution in [0.3, 0.4) is 0 Å². The normalized spacial score (nSPS) is 11.1. The Hall–Kier alpha value is -3.13. The van der Waals surface area contributed by atoms with Crippen molar-refractivity contribution >= 4 is 22.2 Å². The number of aromatic nitrogens is 3. The molecule has 1 N–H and O–H groups in total. The molecule has 5 nitrogen and oxygen atoms in total. The molecule has 0 bridgehead atoms. The molecule has 1 amide bonds. The second-order valence-electron chi connectivity index (χ2n) is 6.27. The lowest BCUT2D eigenvalue weighted by Gasteiger charge is -2.06.